The second-order valence-electron chi connectivity index (χ2n) is 8.35. The SMILES string of the molecule is C=C1[C@H](O)C[C@]2(O)C[C@H]1c1ccn(COCC[Si](C)(C)C)c1C2=O. The van der Waals surface area contributed by atoms with E-state index in [9.17, 15) is 15.0 Å². The molecule has 0 aliphatic heterocycles. The van der Waals surface area contributed by atoms with Crippen LogP contribution in [0.15, 0.2) is 24.4 Å². The Morgan fingerprint density at radius 1 is 1.42 bits per heavy atom. The smallest absolute Gasteiger partial charge is 0.211 e. The molecule has 0 radical (unpaired) electrons. The van der Waals surface area contributed by atoms with Gasteiger partial charge in [0.15, 0.2) is 0 Å². The molecule has 0 unspecified atom stereocenters. The molecule has 1 aromatic rings. The fourth-order valence-corrected chi connectivity index (χ4v) is 4.39. The molecule has 0 aromatic carbocycles. The summed E-state index contributed by atoms with van der Waals surface area (Å²) in [7, 11) is -1.15. The highest BCUT2D eigenvalue weighted by molar-refractivity contribution is 6.76. The van der Waals surface area contributed by atoms with Crippen LogP contribution >= 0.6 is 0 Å². The molecule has 3 rings (SSSR count). The second kappa shape index (κ2) is 5.95. The molecule has 132 valence electrons. The molecule has 0 spiro atoms. The third-order valence-corrected chi connectivity index (χ3v) is 6.89. The minimum Gasteiger partial charge on any atom is -0.389 e. The number of aliphatic hydroxyl groups is 2. The summed E-state index contributed by atoms with van der Waals surface area (Å²) in [6.07, 6.45) is 1.35. The van der Waals surface area contributed by atoms with Gasteiger partial charge in [0.2, 0.25) is 5.78 Å². The normalized spacial score (nSPS) is 29.7. The number of nitrogens with zero attached hydrogens (tertiary/aromatic N) is 1. The van der Waals surface area contributed by atoms with Crippen LogP contribution in [0, 0.1) is 0 Å². The largest absolute Gasteiger partial charge is 0.389 e. The first-order chi connectivity index (χ1) is 11.1. The number of hydrogen-bond donors (Lipinski definition) is 2. The van der Waals surface area contributed by atoms with Crippen molar-refractivity contribution in [1.82, 2.24) is 4.57 Å². The summed E-state index contributed by atoms with van der Waals surface area (Å²) in [5.74, 6) is -0.478. The van der Waals surface area contributed by atoms with Gasteiger partial charge < -0.3 is 19.5 Å². The van der Waals surface area contributed by atoms with Gasteiger partial charge in [-0.15, -0.1) is 0 Å². The van der Waals surface area contributed by atoms with Gasteiger partial charge in [0.1, 0.15) is 12.3 Å². The lowest BCUT2D eigenvalue weighted by Crippen LogP contribution is -2.51. The van der Waals surface area contributed by atoms with Crippen molar-refractivity contribution in [2.45, 2.75) is 62.9 Å². The van der Waals surface area contributed by atoms with Crippen molar-refractivity contribution in [3.63, 3.8) is 0 Å². The standard InChI is InChI=1S/C18H27NO4Si/c1-12-14-9-18(22,10-15(12)20)17(21)16-13(14)5-6-19(16)11-23-7-8-24(2,3)4/h5-6,14-15,20,22H,1,7-11H2,2-4H3/t14-,15-,18-/m1/s1. The topological polar surface area (TPSA) is 71.7 Å². The fraction of sp³-hybridized carbons (Fsp3) is 0.611. The van der Waals surface area contributed by atoms with Crippen LogP contribution in [-0.4, -0.2) is 46.9 Å². The van der Waals surface area contributed by atoms with E-state index in [1.807, 2.05) is 12.3 Å². The maximum Gasteiger partial charge on any atom is 0.211 e. The zero-order chi connectivity index (χ0) is 17.7. The quantitative estimate of drug-likeness (QED) is 0.487. The lowest BCUT2D eigenvalue weighted by Gasteiger charge is -2.43. The molecular weight excluding hydrogens is 322 g/mol. The highest BCUT2D eigenvalue weighted by Gasteiger charge is 2.52. The molecule has 0 saturated heterocycles. The third-order valence-electron chi connectivity index (χ3n) is 5.18. The molecule has 24 heavy (non-hydrogen) atoms. The molecule has 2 bridgehead atoms. The van der Waals surface area contributed by atoms with Crippen LogP contribution in [0.25, 0.3) is 0 Å². The molecule has 1 saturated carbocycles. The molecule has 1 aromatic heterocycles. The van der Waals surface area contributed by atoms with Crippen molar-refractivity contribution < 1.29 is 19.7 Å². The van der Waals surface area contributed by atoms with Crippen molar-refractivity contribution >= 4 is 13.9 Å². The van der Waals surface area contributed by atoms with Gasteiger partial charge in [-0.2, -0.15) is 0 Å². The molecule has 6 heteroatoms. The van der Waals surface area contributed by atoms with E-state index in [-0.39, 0.29) is 18.1 Å². The summed E-state index contributed by atoms with van der Waals surface area (Å²) in [5, 5.41) is 20.8. The number of hydrogen-bond acceptors (Lipinski definition) is 4. The number of ether oxygens (including phenoxy) is 1. The Bertz CT molecular complexity index is 675. The van der Waals surface area contributed by atoms with Crippen LogP contribution in [0.1, 0.15) is 34.8 Å². The first-order valence-electron chi connectivity index (χ1n) is 8.53. The fourth-order valence-electron chi connectivity index (χ4n) is 3.63. The average molecular weight is 350 g/mol. The van der Waals surface area contributed by atoms with Crippen molar-refractivity contribution in [1.29, 1.82) is 0 Å². The zero-order valence-corrected chi connectivity index (χ0v) is 15.7. The van der Waals surface area contributed by atoms with E-state index in [1.54, 1.807) is 4.57 Å². The van der Waals surface area contributed by atoms with Crippen molar-refractivity contribution in [2.75, 3.05) is 6.61 Å². The molecular formula is C18H27NO4Si. The minimum atomic E-state index is -1.49. The van der Waals surface area contributed by atoms with Gasteiger partial charge in [0.05, 0.1) is 11.8 Å². The van der Waals surface area contributed by atoms with Crippen molar-refractivity contribution in [3.05, 3.63) is 35.7 Å². The molecule has 3 atom stereocenters. The number of carbonyl (C=O) groups is 1. The van der Waals surface area contributed by atoms with Gasteiger partial charge in [0.25, 0.3) is 0 Å². The lowest BCUT2D eigenvalue weighted by molar-refractivity contribution is -0.0204. The van der Waals surface area contributed by atoms with Gasteiger partial charge in [-0.1, -0.05) is 26.2 Å². The monoisotopic (exact) mass is 349 g/mol. The van der Waals surface area contributed by atoms with Crippen LogP contribution in [0.4, 0.5) is 0 Å². The maximum absolute atomic E-state index is 12.8. The van der Waals surface area contributed by atoms with Crippen molar-refractivity contribution in [2.24, 2.45) is 0 Å². The minimum absolute atomic E-state index is 0.0300. The summed E-state index contributed by atoms with van der Waals surface area (Å²) >= 11 is 0. The van der Waals surface area contributed by atoms with E-state index in [1.165, 1.54) is 0 Å². The number of rotatable bonds is 5. The maximum atomic E-state index is 12.8. The Morgan fingerprint density at radius 2 is 2.12 bits per heavy atom. The summed E-state index contributed by atoms with van der Waals surface area (Å²) in [6, 6.07) is 2.96. The Kier molecular flexibility index (Phi) is 4.36. The van der Waals surface area contributed by atoms with E-state index >= 15 is 0 Å². The number of aliphatic hydroxyl groups excluding tert-OH is 1. The number of fused-ring (bicyclic) bond motifs is 4. The number of aromatic nitrogens is 1. The highest BCUT2D eigenvalue weighted by Crippen LogP contribution is 2.48. The first kappa shape index (κ1) is 17.6. The molecule has 0 amide bonds. The molecule has 2 aliphatic rings. The Hall–Kier alpha value is -1.21. The van der Waals surface area contributed by atoms with E-state index in [4.69, 9.17) is 4.74 Å². The van der Waals surface area contributed by atoms with Crippen LogP contribution in [0.2, 0.25) is 25.7 Å². The first-order valence-corrected chi connectivity index (χ1v) is 12.2. The molecule has 5 nitrogen and oxygen atoms in total. The Balaban J connectivity index is 1.81. The molecule has 1 heterocycles. The van der Waals surface area contributed by atoms with E-state index < -0.39 is 19.8 Å². The number of Topliss-reactive ketones (excluding diaryl/α,β-unsaturated/α-hetero) is 1. The van der Waals surface area contributed by atoms with Gasteiger partial charge in [0, 0.05) is 33.2 Å². The second-order valence-corrected chi connectivity index (χ2v) is 14.0. The van der Waals surface area contributed by atoms with Crippen LogP contribution in [0.5, 0.6) is 0 Å². The molecule has 1 fully saturated rings. The Morgan fingerprint density at radius 3 is 2.79 bits per heavy atom. The predicted octanol–water partition coefficient (Wildman–Crippen LogP) is 2.52. The Labute approximate surface area is 144 Å². The van der Waals surface area contributed by atoms with Gasteiger partial charge in [-0.05, 0) is 29.7 Å². The van der Waals surface area contributed by atoms with Gasteiger partial charge >= 0.3 is 0 Å². The summed E-state index contributed by atoms with van der Waals surface area (Å²) in [4.78, 5) is 12.8. The van der Waals surface area contributed by atoms with Crippen LogP contribution in [-0.2, 0) is 11.5 Å². The van der Waals surface area contributed by atoms with E-state index in [2.05, 4.69) is 26.2 Å². The van der Waals surface area contributed by atoms with Crippen LogP contribution in [0.3, 0.4) is 0 Å². The predicted molar refractivity (Wildman–Crippen MR) is 94.9 cm³/mol. The molecule has 2 N–H and O–H groups in total. The van der Waals surface area contributed by atoms with Crippen LogP contribution < -0.4 is 0 Å². The summed E-state index contributed by atoms with van der Waals surface area (Å²) in [6.45, 7) is 11.8. The highest BCUT2D eigenvalue weighted by atomic mass is 28.3. The van der Waals surface area contributed by atoms with E-state index in [0.29, 0.717) is 31.0 Å². The third kappa shape index (κ3) is 3.03. The van der Waals surface area contributed by atoms with Gasteiger partial charge in [-0.25, -0.2) is 0 Å². The van der Waals surface area contributed by atoms with Crippen molar-refractivity contribution in [3.8, 4) is 0 Å². The van der Waals surface area contributed by atoms with Gasteiger partial charge in [-0.3, -0.25) is 4.79 Å². The number of carbonyl (C=O) groups excluding carboxylic acids is 1. The number of ketones is 1. The van der Waals surface area contributed by atoms with E-state index in [0.717, 1.165) is 11.6 Å². The average Bonchev–Trinajstić information content (AvgIpc) is 2.89. The lowest BCUT2D eigenvalue weighted by atomic mass is 9.65. The zero-order valence-electron chi connectivity index (χ0n) is 14.7. The summed E-state index contributed by atoms with van der Waals surface area (Å²) in [5.41, 5.74) is 0.551. The molecule has 2 aliphatic carbocycles. The summed E-state index contributed by atoms with van der Waals surface area (Å²) < 4.78 is 7.55.